The zero-order chi connectivity index (χ0) is 10.7. The van der Waals surface area contributed by atoms with E-state index in [-0.39, 0.29) is 10.9 Å². The Morgan fingerprint density at radius 2 is 2.29 bits per heavy atom. The molecule has 0 amide bonds. The van der Waals surface area contributed by atoms with Crippen LogP contribution in [-0.2, 0) is 11.8 Å². The number of H-pyrrole nitrogens is 1. The van der Waals surface area contributed by atoms with Gasteiger partial charge < -0.3 is 5.11 Å². The fourth-order valence-corrected chi connectivity index (χ4v) is 1.36. The fourth-order valence-electron chi connectivity index (χ4n) is 0.716. The van der Waals surface area contributed by atoms with Gasteiger partial charge in [0.05, 0.1) is 5.75 Å². The molecule has 0 unspecified atom stereocenters. The highest BCUT2D eigenvalue weighted by Gasteiger charge is 2.06. The number of nitrogens with one attached hydrogen (secondary N) is 1. The Hall–Kier alpha value is -1.57. The summed E-state index contributed by atoms with van der Waals surface area (Å²) in [4.78, 5) is 35.2. The van der Waals surface area contributed by atoms with Crippen molar-refractivity contribution in [2.24, 2.45) is 7.05 Å². The molecular weight excluding hydrogens is 210 g/mol. The lowest BCUT2D eigenvalue weighted by molar-refractivity contribution is -0.133. The molecule has 0 saturated heterocycles. The van der Waals surface area contributed by atoms with Gasteiger partial charge in [0.15, 0.2) is 5.16 Å². The smallest absolute Gasteiger partial charge is 0.339 e. The van der Waals surface area contributed by atoms with Gasteiger partial charge in [-0.3, -0.25) is 24.2 Å². The van der Waals surface area contributed by atoms with E-state index in [1.54, 1.807) is 0 Å². The van der Waals surface area contributed by atoms with E-state index >= 15 is 0 Å². The maximum Gasteiger partial charge on any atom is 0.339 e. The summed E-state index contributed by atoms with van der Waals surface area (Å²) in [6, 6.07) is 0. The summed E-state index contributed by atoms with van der Waals surface area (Å²) in [6.07, 6.45) is 0. The molecule has 0 fully saturated rings. The van der Waals surface area contributed by atoms with Gasteiger partial charge in [-0.05, 0) is 0 Å². The normalized spacial score (nSPS) is 10.1. The molecule has 0 aliphatic carbocycles. The molecule has 1 aromatic rings. The van der Waals surface area contributed by atoms with Crippen LogP contribution in [0, 0.1) is 0 Å². The lowest BCUT2D eigenvalue weighted by atomic mass is 10.8. The highest BCUT2D eigenvalue weighted by atomic mass is 32.2. The number of carboxylic acids is 1. The molecule has 0 atom stereocenters. The molecule has 0 saturated carbocycles. The maximum atomic E-state index is 10.8. The minimum atomic E-state index is -1.02. The summed E-state index contributed by atoms with van der Waals surface area (Å²) in [5, 5.41) is 10.7. The average Bonchev–Trinajstić information content (AvgIpc) is 2.09. The Kier molecular flexibility index (Phi) is 3.07. The van der Waals surface area contributed by atoms with Crippen LogP contribution >= 0.6 is 11.8 Å². The van der Waals surface area contributed by atoms with Crippen LogP contribution in [0.2, 0.25) is 0 Å². The third kappa shape index (κ3) is 2.46. The summed E-state index contributed by atoms with van der Waals surface area (Å²) < 4.78 is 1.21. The number of nitrogens with zero attached hydrogens (tertiary/aromatic N) is 2. The van der Waals surface area contributed by atoms with Gasteiger partial charge in [-0.1, -0.05) is 11.8 Å². The van der Waals surface area contributed by atoms with Crippen LogP contribution in [0.1, 0.15) is 0 Å². The Bertz CT molecular complexity index is 463. The van der Waals surface area contributed by atoms with E-state index < -0.39 is 17.1 Å². The molecule has 76 valence electrons. The van der Waals surface area contributed by atoms with Gasteiger partial charge in [-0.25, -0.2) is 0 Å². The van der Waals surface area contributed by atoms with E-state index in [2.05, 4.69) is 10.1 Å². The molecule has 2 N–H and O–H groups in total. The molecule has 7 nitrogen and oxygen atoms in total. The van der Waals surface area contributed by atoms with Gasteiger partial charge in [0.25, 0.3) is 0 Å². The third-order valence-corrected chi connectivity index (χ3v) is 2.29. The second-order valence-electron chi connectivity index (χ2n) is 2.38. The number of aliphatic carboxylic acids is 1. The van der Waals surface area contributed by atoms with Crippen LogP contribution in [0.3, 0.4) is 0 Å². The van der Waals surface area contributed by atoms with Crippen molar-refractivity contribution in [2.75, 3.05) is 5.75 Å². The van der Waals surface area contributed by atoms with Crippen LogP contribution in [0.15, 0.2) is 14.7 Å². The highest BCUT2D eigenvalue weighted by Crippen LogP contribution is 2.09. The molecule has 8 heteroatoms. The first kappa shape index (κ1) is 10.5. The number of aromatic amines is 1. The maximum absolute atomic E-state index is 10.8. The Morgan fingerprint density at radius 3 is 2.86 bits per heavy atom. The van der Waals surface area contributed by atoms with E-state index in [1.165, 1.54) is 11.7 Å². The van der Waals surface area contributed by atoms with E-state index in [0.29, 0.717) is 0 Å². The summed E-state index contributed by atoms with van der Waals surface area (Å²) in [6.45, 7) is 0. The Labute approximate surface area is 81.8 Å². The number of thioether (sulfide) groups is 1. The second kappa shape index (κ2) is 4.09. The van der Waals surface area contributed by atoms with Crippen molar-refractivity contribution in [1.29, 1.82) is 0 Å². The zero-order valence-electron chi connectivity index (χ0n) is 7.18. The summed E-state index contributed by atoms with van der Waals surface area (Å²) in [7, 11) is 1.47. The van der Waals surface area contributed by atoms with Gasteiger partial charge in [-0.15, -0.1) is 0 Å². The predicted molar refractivity (Wildman–Crippen MR) is 48.5 cm³/mol. The fraction of sp³-hybridized carbons (Fsp3) is 0.333. The quantitative estimate of drug-likeness (QED) is 0.479. The van der Waals surface area contributed by atoms with Crippen molar-refractivity contribution in [2.45, 2.75) is 5.16 Å². The average molecular weight is 217 g/mol. The van der Waals surface area contributed by atoms with Crippen molar-refractivity contribution in [3.8, 4) is 0 Å². The first-order valence-electron chi connectivity index (χ1n) is 3.52. The van der Waals surface area contributed by atoms with Crippen molar-refractivity contribution in [1.82, 2.24) is 14.8 Å². The Morgan fingerprint density at radius 1 is 1.64 bits per heavy atom. The SMILES string of the molecule is Cn1[nH]c(=O)c(=O)nc1SCC(=O)O. The van der Waals surface area contributed by atoms with E-state index in [4.69, 9.17) is 5.11 Å². The van der Waals surface area contributed by atoms with E-state index in [0.717, 1.165) is 11.8 Å². The van der Waals surface area contributed by atoms with Gasteiger partial charge in [-0.2, -0.15) is 4.98 Å². The molecular formula is C6H7N3O4S. The predicted octanol–water partition coefficient (Wildman–Crippen LogP) is -1.35. The van der Waals surface area contributed by atoms with Crippen LogP contribution in [-0.4, -0.2) is 31.6 Å². The van der Waals surface area contributed by atoms with Crippen molar-refractivity contribution in [3.63, 3.8) is 0 Å². The molecule has 0 aliphatic rings. The van der Waals surface area contributed by atoms with Crippen LogP contribution < -0.4 is 11.1 Å². The molecule has 0 aromatic carbocycles. The number of carboxylic acid groups (broad SMARTS) is 1. The molecule has 0 aliphatic heterocycles. The number of aromatic nitrogens is 3. The van der Waals surface area contributed by atoms with Gasteiger partial charge in [0, 0.05) is 7.05 Å². The van der Waals surface area contributed by atoms with Crippen LogP contribution in [0.5, 0.6) is 0 Å². The van der Waals surface area contributed by atoms with Crippen molar-refractivity contribution < 1.29 is 9.90 Å². The van der Waals surface area contributed by atoms with Crippen molar-refractivity contribution in [3.05, 3.63) is 20.7 Å². The molecule has 1 aromatic heterocycles. The first-order chi connectivity index (χ1) is 6.50. The third-order valence-electron chi connectivity index (χ3n) is 1.27. The topological polar surface area (TPSA) is 105 Å². The first-order valence-corrected chi connectivity index (χ1v) is 4.51. The molecule has 1 rings (SSSR count). The van der Waals surface area contributed by atoms with E-state index in [1.807, 2.05) is 0 Å². The second-order valence-corrected chi connectivity index (χ2v) is 3.32. The molecule has 0 radical (unpaired) electrons. The number of rotatable bonds is 3. The lowest BCUT2D eigenvalue weighted by Gasteiger charge is -2.02. The van der Waals surface area contributed by atoms with Crippen LogP contribution in [0.4, 0.5) is 0 Å². The monoisotopic (exact) mass is 217 g/mol. The molecule has 1 heterocycles. The molecule has 0 bridgehead atoms. The zero-order valence-corrected chi connectivity index (χ0v) is 8.00. The van der Waals surface area contributed by atoms with Gasteiger partial charge >= 0.3 is 17.1 Å². The Balaban J connectivity index is 2.98. The number of hydrogen-bond acceptors (Lipinski definition) is 5. The van der Waals surface area contributed by atoms with Gasteiger partial charge in [0.1, 0.15) is 0 Å². The lowest BCUT2D eigenvalue weighted by Crippen LogP contribution is -2.34. The molecule has 0 spiro atoms. The van der Waals surface area contributed by atoms with Crippen LogP contribution in [0.25, 0.3) is 0 Å². The minimum absolute atomic E-state index is 0.164. The largest absolute Gasteiger partial charge is 0.481 e. The standard InChI is InChI=1S/C6H7N3O4S/c1-9-6(14-2-3(10)11)7-4(12)5(13)8-9/h2H2,1H3,(H,8,13)(H,10,11). The number of hydrogen-bond donors (Lipinski definition) is 2. The summed E-state index contributed by atoms with van der Waals surface area (Å²) >= 11 is 0.860. The highest BCUT2D eigenvalue weighted by molar-refractivity contribution is 7.99. The summed E-state index contributed by atoms with van der Waals surface area (Å²) in [5.74, 6) is -1.23. The van der Waals surface area contributed by atoms with Gasteiger partial charge in [0.2, 0.25) is 0 Å². The number of aryl methyl sites for hydroxylation is 1. The van der Waals surface area contributed by atoms with Crippen molar-refractivity contribution >= 4 is 17.7 Å². The molecule has 14 heavy (non-hydrogen) atoms. The number of carbonyl (C=O) groups is 1. The minimum Gasteiger partial charge on any atom is -0.481 e. The van der Waals surface area contributed by atoms with E-state index in [9.17, 15) is 14.4 Å². The summed E-state index contributed by atoms with van der Waals surface area (Å²) in [5.41, 5.74) is -1.75.